The van der Waals surface area contributed by atoms with Gasteiger partial charge in [-0.25, -0.2) is 4.79 Å². The minimum Gasteiger partial charge on any atom is -0.489 e. The number of amides is 1. The molecule has 0 bridgehead atoms. The molecule has 5 aromatic rings. The fraction of sp³-hybridized carbons (Fsp3) is 0.158. The van der Waals surface area contributed by atoms with Crippen molar-refractivity contribution in [2.24, 2.45) is 0 Å². The lowest BCUT2D eigenvalue weighted by molar-refractivity contribution is -0.142. The predicted octanol–water partition coefficient (Wildman–Crippen LogP) is 6.94. The second-order valence-corrected chi connectivity index (χ2v) is 10.4. The van der Waals surface area contributed by atoms with Gasteiger partial charge in [0.05, 0.1) is 7.11 Å². The first-order valence-corrected chi connectivity index (χ1v) is 14.7. The third-order valence-corrected chi connectivity index (χ3v) is 7.07. The van der Waals surface area contributed by atoms with Crippen LogP contribution < -0.4 is 19.5 Å². The number of benzene rings is 5. The van der Waals surface area contributed by atoms with Gasteiger partial charge in [-0.15, -0.1) is 0 Å². The quantitative estimate of drug-likeness (QED) is 0.139. The summed E-state index contributed by atoms with van der Waals surface area (Å²) in [5.41, 5.74) is 4.39. The molecule has 7 nitrogen and oxygen atoms in total. The zero-order valence-electron chi connectivity index (χ0n) is 25.1. The van der Waals surface area contributed by atoms with Crippen molar-refractivity contribution in [3.05, 3.63) is 161 Å². The summed E-state index contributed by atoms with van der Waals surface area (Å²) in [4.78, 5) is 25.6. The molecule has 0 heterocycles. The number of esters is 1. The molecule has 1 unspecified atom stereocenters. The Kier molecular flexibility index (Phi) is 10.8. The van der Waals surface area contributed by atoms with Gasteiger partial charge in [0.2, 0.25) is 0 Å². The van der Waals surface area contributed by atoms with E-state index in [9.17, 15) is 9.59 Å². The van der Waals surface area contributed by atoms with Crippen LogP contribution in [0.25, 0.3) is 0 Å². The number of carbonyl (C=O) groups is 2. The molecule has 0 aliphatic carbocycles. The zero-order chi connectivity index (χ0) is 31.3. The van der Waals surface area contributed by atoms with Crippen LogP contribution in [0.1, 0.15) is 32.6 Å². The van der Waals surface area contributed by atoms with Crippen LogP contribution in [-0.2, 0) is 35.8 Å². The van der Waals surface area contributed by atoms with Crippen molar-refractivity contribution in [1.82, 2.24) is 5.32 Å². The molecule has 7 heteroatoms. The first-order chi connectivity index (χ1) is 22.1. The first kappa shape index (κ1) is 30.9. The molecule has 1 N–H and O–H groups in total. The van der Waals surface area contributed by atoms with Crippen molar-refractivity contribution in [2.45, 2.75) is 32.3 Å². The highest BCUT2D eigenvalue weighted by atomic mass is 16.5. The molecule has 0 saturated heterocycles. The highest BCUT2D eigenvalue weighted by Crippen LogP contribution is 2.20. The average Bonchev–Trinajstić information content (AvgIpc) is 3.10. The number of nitrogens with one attached hydrogen (secondary N) is 1. The van der Waals surface area contributed by atoms with Crippen molar-refractivity contribution >= 4 is 11.9 Å². The molecule has 0 radical (unpaired) electrons. The van der Waals surface area contributed by atoms with Crippen LogP contribution in [0.15, 0.2) is 133 Å². The molecule has 5 rings (SSSR count). The maximum absolute atomic E-state index is 13.0. The van der Waals surface area contributed by atoms with Gasteiger partial charge in [-0.1, -0.05) is 84.9 Å². The van der Waals surface area contributed by atoms with Crippen molar-refractivity contribution in [1.29, 1.82) is 0 Å². The Balaban J connectivity index is 1.12. The normalized spacial score (nSPS) is 11.2. The van der Waals surface area contributed by atoms with E-state index in [0.29, 0.717) is 36.9 Å². The van der Waals surface area contributed by atoms with Gasteiger partial charge in [0.25, 0.3) is 5.91 Å². The Morgan fingerprint density at radius 1 is 0.556 bits per heavy atom. The van der Waals surface area contributed by atoms with Gasteiger partial charge in [-0.2, -0.15) is 0 Å². The minimum absolute atomic E-state index is 0.271. The lowest BCUT2D eigenvalue weighted by Crippen LogP contribution is -2.43. The van der Waals surface area contributed by atoms with Crippen LogP contribution >= 0.6 is 0 Å². The molecule has 45 heavy (non-hydrogen) atoms. The standard InChI is InChI=1S/C38H35NO6/c1-42-38(41)36(24-28-15-19-33(20-16-28)43-25-29-9-4-2-5-10-29)39-37(40)32-17-21-34(22-18-32)44-27-31-13-8-14-35(23-31)45-26-30-11-6-3-7-12-30/h2-23,36H,24-27H2,1H3,(H,39,40). The summed E-state index contributed by atoms with van der Waals surface area (Å²) in [6.07, 6.45) is 0.271. The number of rotatable bonds is 14. The largest absolute Gasteiger partial charge is 0.489 e. The fourth-order valence-corrected chi connectivity index (χ4v) is 4.61. The summed E-state index contributed by atoms with van der Waals surface area (Å²) >= 11 is 0. The number of methoxy groups -OCH3 is 1. The van der Waals surface area contributed by atoms with Crippen LogP contribution in [0.3, 0.4) is 0 Å². The summed E-state index contributed by atoms with van der Waals surface area (Å²) in [5, 5.41) is 2.80. The average molecular weight is 602 g/mol. The lowest BCUT2D eigenvalue weighted by Gasteiger charge is -2.17. The first-order valence-electron chi connectivity index (χ1n) is 14.7. The summed E-state index contributed by atoms with van der Waals surface area (Å²) in [6.45, 7) is 1.29. The molecular formula is C38H35NO6. The maximum Gasteiger partial charge on any atom is 0.328 e. The van der Waals surface area contributed by atoms with E-state index in [1.807, 2.05) is 109 Å². The molecule has 0 fully saturated rings. The van der Waals surface area contributed by atoms with Gasteiger partial charge in [-0.3, -0.25) is 4.79 Å². The SMILES string of the molecule is COC(=O)C(Cc1ccc(OCc2ccccc2)cc1)NC(=O)c1ccc(OCc2cccc(OCc3ccccc3)c2)cc1. The second kappa shape index (κ2) is 15.8. The number of ether oxygens (including phenoxy) is 4. The summed E-state index contributed by atoms with van der Waals surface area (Å²) in [7, 11) is 1.30. The molecule has 5 aromatic carbocycles. The number of carbonyl (C=O) groups excluding carboxylic acids is 2. The molecule has 1 amide bonds. The molecule has 0 aromatic heterocycles. The van der Waals surface area contributed by atoms with E-state index in [2.05, 4.69) is 5.32 Å². The van der Waals surface area contributed by atoms with Crippen LogP contribution in [0.2, 0.25) is 0 Å². The molecule has 0 aliphatic heterocycles. The van der Waals surface area contributed by atoms with Crippen LogP contribution in [0.5, 0.6) is 17.2 Å². The predicted molar refractivity (Wildman–Crippen MR) is 172 cm³/mol. The van der Waals surface area contributed by atoms with Gasteiger partial charge in [0, 0.05) is 12.0 Å². The van der Waals surface area contributed by atoms with Gasteiger partial charge < -0.3 is 24.3 Å². The van der Waals surface area contributed by atoms with Crippen molar-refractivity contribution in [3.8, 4) is 17.2 Å². The van der Waals surface area contributed by atoms with Gasteiger partial charge in [0.15, 0.2) is 0 Å². The second-order valence-electron chi connectivity index (χ2n) is 10.4. The molecule has 0 saturated carbocycles. The fourth-order valence-electron chi connectivity index (χ4n) is 4.61. The molecule has 1 atom stereocenters. The summed E-state index contributed by atoms with van der Waals surface area (Å²) < 4.78 is 22.7. The highest BCUT2D eigenvalue weighted by molar-refractivity contribution is 5.97. The topological polar surface area (TPSA) is 83.1 Å². The van der Waals surface area contributed by atoms with E-state index >= 15 is 0 Å². The van der Waals surface area contributed by atoms with Crippen molar-refractivity contribution in [3.63, 3.8) is 0 Å². The smallest absolute Gasteiger partial charge is 0.328 e. The van der Waals surface area contributed by atoms with E-state index in [1.54, 1.807) is 24.3 Å². The summed E-state index contributed by atoms with van der Waals surface area (Å²) in [6, 6.07) is 41.0. The third-order valence-electron chi connectivity index (χ3n) is 7.07. The molecular weight excluding hydrogens is 566 g/mol. The van der Waals surface area contributed by atoms with Crippen LogP contribution in [-0.4, -0.2) is 25.0 Å². The van der Waals surface area contributed by atoms with Crippen LogP contribution in [0, 0.1) is 0 Å². The van der Waals surface area contributed by atoms with Gasteiger partial charge >= 0.3 is 5.97 Å². The summed E-state index contributed by atoms with van der Waals surface area (Å²) in [5.74, 6) is 1.18. The molecule has 228 valence electrons. The molecule has 0 aliphatic rings. The maximum atomic E-state index is 13.0. The Bertz CT molecular complexity index is 1660. The minimum atomic E-state index is -0.856. The number of hydrogen-bond acceptors (Lipinski definition) is 6. The lowest BCUT2D eigenvalue weighted by atomic mass is 10.0. The highest BCUT2D eigenvalue weighted by Gasteiger charge is 2.23. The zero-order valence-corrected chi connectivity index (χ0v) is 25.1. The van der Waals surface area contributed by atoms with Crippen LogP contribution in [0.4, 0.5) is 0 Å². The monoisotopic (exact) mass is 601 g/mol. The number of hydrogen-bond donors (Lipinski definition) is 1. The Morgan fingerprint density at radius 2 is 1.07 bits per heavy atom. The van der Waals surface area contributed by atoms with Gasteiger partial charge in [-0.05, 0) is 70.8 Å². The molecule has 0 spiro atoms. The van der Waals surface area contributed by atoms with Crippen molar-refractivity contribution < 1.29 is 28.5 Å². The van der Waals surface area contributed by atoms with E-state index in [4.69, 9.17) is 18.9 Å². The van der Waals surface area contributed by atoms with E-state index < -0.39 is 12.0 Å². The van der Waals surface area contributed by atoms with Crippen molar-refractivity contribution in [2.75, 3.05) is 7.11 Å². The van der Waals surface area contributed by atoms with E-state index in [0.717, 1.165) is 28.0 Å². The van der Waals surface area contributed by atoms with E-state index in [-0.39, 0.29) is 12.3 Å². The Morgan fingerprint density at radius 3 is 1.64 bits per heavy atom. The third kappa shape index (κ3) is 9.46. The Labute approximate surface area is 263 Å². The van der Waals surface area contributed by atoms with E-state index in [1.165, 1.54) is 7.11 Å². The van der Waals surface area contributed by atoms with Gasteiger partial charge in [0.1, 0.15) is 43.1 Å². The Hall–Kier alpha value is -5.56.